The summed E-state index contributed by atoms with van der Waals surface area (Å²) >= 11 is 3.49. The van der Waals surface area contributed by atoms with E-state index in [1.54, 1.807) is 7.11 Å². The standard InChI is InChI=1S/C14H22BrNO3/c1-4-16-7-11-6-12(15)5-10(2)14(11)19-9-13(17)8-18-3/h5-6,13,16-17H,4,7-9H2,1-3H3. The summed E-state index contributed by atoms with van der Waals surface area (Å²) in [6.07, 6.45) is -0.611. The van der Waals surface area contributed by atoms with Gasteiger partial charge in [-0.05, 0) is 31.2 Å². The maximum Gasteiger partial charge on any atom is 0.126 e. The minimum Gasteiger partial charge on any atom is -0.490 e. The number of aliphatic hydroxyl groups is 1. The Kier molecular flexibility index (Phi) is 7.38. The van der Waals surface area contributed by atoms with Gasteiger partial charge >= 0.3 is 0 Å². The second-order valence-electron chi connectivity index (χ2n) is 4.41. The summed E-state index contributed by atoms with van der Waals surface area (Å²) in [4.78, 5) is 0. The monoisotopic (exact) mass is 331 g/mol. The van der Waals surface area contributed by atoms with E-state index in [0.717, 1.165) is 34.4 Å². The van der Waals surface area contributed by atoms with Crippen LogP contribution in [0.4, 0.5) is 0 Å². The Morgan fingerprint density at radius 3 is 2.74 bits per heavy atom. The maximum atomic E-state index is 9.65. The highest BCUT2D eigenvalue weighted by Gasteiger charge is 2.11. The van der Waals surface area contributed by atoms with Crippen molar-refractivity contribution in [2.75, 3.05) is 26.9 Å². The van der Waals surface area contributed by atoms with Gasteiger partial charge in [0.05, 0.1) is 6.61 Å². The van der Waals surface area contributed by atoms with Crippen LogP contribution in [-0.2, 0) is 11.3 Å². The number of nitrogens with one attached hydrogen (secondary N) is 1. The molecule has 0 fully saturated rings. The lowest BCUT2D eigenvalue weighted by Crippen LogP contribution is -2.23. The van der Waals surface area contributed by atoms with Crippen molar-refractivity contribution in [1.82, 2.24) is 5.32 Å². The number of halogens is 1. The molecule has 19 heavy (non-hydrogen) atoms. The predicted molar refractivity (Wildman–Crippen MR) is 79.6 cm³/mol. The molecule has 1 aromatic rings. The van der Waals surface area contributed by atoms with E-state index in [-0.39, 0.29) is 13.2 Å². The molecule has 0 heterocycles. The number of aliphatic hydroxyl groups excluding tert-OH is 1. The first-order chi connectivity index (χ1) is 9.08. The van der Waals surface area contributed by atoms with E-state index >= 15 is 0 Å². The van der Waals surface area contributed by atoms with E-state index in [4.69, 9.17) is 9.47 Å². The third-order valence-corrected chi connectivity index (χ3v) is 3.12. The molecule has 1 aromatic carbocycles. The van der Waals surface area contributed by atoms with Gasteiger partial charge in [0, 0.05) is 23.7 Å². The molecule has 0 saturated heterocycles. The molecule has 0 aliphatic heterocycles. The average Bonchev–Trinajstić information content (AvgIpc) is 2.35. The van der Waals surface area contributed by atoms with E-state index in [9.17, 15) is 5.11 Å². The SMILES string of the molecule is CCNCc1cc(Br)cc(C)c1OCC(O)COC. The van der Waals surface area contributed by atoms with Crippen molar-refractivity contribution in [2.45, 2.75) is 26.5 Å². The average molecular weight is 332 g/mol. The predicted octanol–water partition coefficient (Wildman–Crippen LogP) is 2.25. The fourth-order valence-electron chi connectivity index (χ4n) is 1.82. The van der Waals surface area contributed by atoms with Gasteiger partial charge in [0.15, 0.2) is 0 Å². The van der Waals surface area contributed by atoms with Gasteiger partial charge in [-0.3, -0.25) is 0 Å². The Hall–Kier alpha value is -0.620. The first-order valence-electron chi connectivity index (χ1n) is 6.38. The molecular formula is C14H22BrNO3. The summed E-state index contributed by atoms with van der Waals surface area (Å²) in [5.41, 5.74) is 2.13. The van der Waals surface area contributed by atoms with E-state index in [1.807, 2.05) is 19.1 Å². The number of aryl methyl sites for hydroxylation is 1. The molecule has 0 spiro atoms. The van der Waals surface area contributed by atoms with Crippen molar-refractivity contribution in [2.24, 2.45) is 0 Å². The molecule has 1 atom stereocenters. The Balaban J connectivity index is 2.78. The van der Waals surface area contributed by atoms with E-state index in [1.165, 1.54) is 0 Å². The van der Waals surface area contributed by atoms with Crippen molar-refractivity contribution < 1.29 is 14.6 Å². The number of hydrogen-bond donors (Lipinski definition) is 2. The first-order valence-corrected chi connectivity index (χ1v) is 7.17. The highest BCUT2D eigenvalue weighted by molar-refractivity contribution is 9.10. The molecular weight excluding hydrogens is 310 g/mol. The van der Waals surface area contributed by atoms with Crippen molar-refractivity contribution in [3.8, 4) is 5.75 Å². The molecule has 108 valence electrons. The zero-order chi connectivity index (χ0) is 14.3. The molecule has 2 N–H and O–H groups in total. The van der Waals surface area contributed by atoms with Gasteiger partial charge in [-0.1, -0.05) is 22.9 Å². The minimum absolute atomic E-state index is 0.232. The largest absolute Gasteiger partial charge is 0.490 e. The number of rotatable bonds is 8. The van der Waals surface area contributed by atoms with Crippen LogP contribution in [0.3, 0.4) is 0 Å². The summed E-state index contributed by atoms with van der Waals surface area (Å²) in [7, 11) is 1.56. The fraction of sp³-hybridized carbons (Fsp3) is 0.571. The van der Waals surface area contributed by atoms with Crippen molar-refractivity contribution >= 4 is 15.9 Å². The second kappa shape index (κ2) is 8.53. The molecule has 0 aliphatic carbocycles. The number of ether oxygens (including phenoxy) is 2. The molecule has 0 amide bonds. The lowest BCUT2D eigenvalue weighted by Gasteiger charge is -2.17. The van der Waals surface area contributed by atoms with Crippen LogP contribution < -0.4 is 10.1 Å². The first kappa shape index (κ1) is 16.4. The Morgan fingerprint density at radius 2 is 2.11 bits per heavy atom. The molecule has 4 nitrogen and oxygen atoms in total. The van der Waals surface area contributed by atoms with E-state index < -0.39 is 6.10 Å². The molecule has 0 aromatic heterocycles. The Labute approximate surface area is 123 Å². The highest BCUT2D eigenvalue weighted by Crippen LogP contribution is 2.28. The van der Waals surface area contributed by atoms with Gasteiger partial charge in [-0.2, -0.15) is 0 Å². The molecule has 0 aliphatic rings. The lowest BCUT2D eigenvalue weighted by atomic mass is 10.1. The van der Waals surface area contributed by atoms with Gasteiger partial charge in [0.1, 0.15) is 18.5 Å². The third-order valence-electron chi connectivity index (χ3n) is 2.66. The van der Waals surface area contributed by atoms with Crippen LogP contribution in [0.25, 0.3) is 0 Å². The van der Waals surface area contributed by atoms with Crippen LogP contribution >= 0.6 is 15.9 Å². The smallest absolute Gasteiger partial charge is 0.126 e. The normalized spacial score (nSPS) is 12.5. The Morgan fingerprint density at radius 1 is 1.37 bits per heavy atom. The quantitative estimate of drug-likeness (QED) is 0.767. The third kappa shape index (κ3) is 5.48. The summed E-state index contributed by atoms with van der Waals surface area (Å²) in [6.45, 7) is 6.21. The van der Waals surface area contributed by atoms with Gasteiger partial charge in [-0.25, -0.2) is 0 Å². The molecule has 0 radical (unpaired) electrons. The van der Waals surface area contributed by atoms with Crippen LogP contribution in [0.5, 0.6) is 5.75 Å². The second-order valence-corrected chi connectivity index (χ2v) is 5.33. The van der Waals surface area contributed by atoms with Gasteiger partial charge in [0.25, 0.3) is 0 Å². The summed E-state index contributed by atoms with van der Waals surface area (Å²) < 4.78 is 11.7. The van der Waals surface area contributed by atoms with E-state index in [0.29, 0.717) is 0 Å². The van der Waals surface area contributed by atoms with Crippen LogP contribution in [-0.4, -0.2) is 38.1 Å². The topological polar surface area (TPSA) is 50.7 Å². The lowest BCUT2D eigenvalue weighted by molar-refractivity contribution is 0.0321. The summed E-state index contributed by atoms with van der Waals surface area (Å²) in [5.74, 6) is 0.833. The minimum atomic E-state index is -0.611. The Bertz CT molecular complexity index is 399. The molecule has 1 unspecified atom stereocenters. The number of methoxy groups -OCH3 is 1. The van der Waals surface area contributed by atoms with Gasteiger partial charge in [0.2, 0.25) is 0 Å². The summed E-state index contributed by atoms with van der Waals surface area (Å²) in [5, 5.41) is 12.9. The zero-order valence-corrected chi connectivity index (χ0v) is 13.3. The van der Waals surface area contributed by atoms with Gasteiger partial charge in [-0.15, -0.1) is 0 Å². The maximum absolute atomic E-state index is 9.65. The number of hydrogen-bond acceptors (Lipinski definition) is 4. The molecule has 0 saturated carbocycles. The van der Waals surface area contributed by atoms with Gasteiger partial charge < -0.3 is 19.9 Å². The molecule has 0 bridgehead atoms. The highest BCUT2D eigenvalue weighted by atomic mass is 79.9. The van der Waals surface area contributed by atoms with Crippen molar-refractivity contribution in [3.63, 3.8) is 0 Å². The van der Waals surface area contributed by atoms with Crippen molar-refractivity contribution in [3.05, 3.63) is 27.7 Å². The zero-order valence-electron chi connectivity index (χ0n) is 11.7. The van der Waals surface area contributed by atoms with Crippen molar-refractivity contribution in [1.29, 1.82) is 0 Å². The molecule has 1 rings (SSSR count). The van der Waals surface area contributed by atoms with Crippen LogP contribution in [0, 0.1) is 6.92 Å². The number of benzene rings is 1. The summed E-state index contributed by atoms with van der Waals surface area (Å²) in [6, 6.07) is 4.04. The van der Waals surface area contributed by atoms with E-state index in [2.05, 4.69) is 28.2 Å². The van der Waals surface area contributed by atoms with Crippen LogP contribution in [0.2, 0.25) is 0 Å². The molecule has 5 heteroatoms. The van der Waals surface area contributed by atoms with Crippen LogP contribution in [0.1, 0.15) is 18.1 Å². The fourth-order valence-corrected chi connectivity index (χ4v) is 2.44. The van der Waals surface area contributed by atoms with Crippen LogP contribution in [0.15, 0.2) is 16.6 Å².